The maximum atomic E-state index is 4.66. The molecule has 0 unspecified atom stereocenters. The summed E-state index contributed by atoms with van der Waals surface area (Å²) < 4.78 is 4.46. The fourth-order valence-electron chi connectivity index (χ4n) is 4.64. The Morgan fingerprint density at radius 3 is 2.03 bits per heavy atom. The minimum atomic E-state index is 0.666. The van der Waals surface area contributed by atoms with Crippen LogP contribution in [0.3, 0.4) is 0 Å². The van der Waals surface area contributed by atoms with Crippen LogP contribution in [0.4, 0.5) is 0 Å². The molecule has 3 aromatic carbocycles. The van der Waals surface area contributed by atoms with E-state index >= 15 is 0 Å². The Hall–Kier alpha value is -3.73. The SMILES string of the molecule is Cc1nc(C)nc(-n2c3ccccc3c3c4c(ccc32)c2ccccc2n4C)n1. The highest BCUT2D eigenvalue weighted by molar-refractivity contribution is 6.25. The standard InChI is InChI=1S/C24H19N5/c1-14-25-15(2)27-24(26-14)29-20-11-7-5-9-18(20)22-21(29)13-12-17-16-8-4-6-10-19(16)28(3)23(17)22/h4-13H,1-3H3. The molecule has 0 bridgehead atoms. The average Bonchev–Trinajstić information content (AvgIpc) is 3.20. The fraction of sp³-hybridized carbons (Fsp3) is 0.125. The minimum absolute atomic E-state index is 0.666. The first-order valence-corrected chi connectivity index (χ1v) is 9.72. The summed E-state index contributed by atoms with van der Waals surface area (Å²) in [5.74, 6) is 2.12. The molecule has 6 rings (SSSR count). The van der Waals surface area contributed by atoms with Crippen molar-refractivity contribution in [2.45, 2.75) is 13.8 Å². The lowest BCUT2D eigenvalue weighted by molar-refractivity contribution is 0.864. The van der Waals surface area contributed by atoms with E-state index in [2.05, 4.69) is 91.8 Å². The van der Waals surface area contributed by atoms with E-state index in [0.29, 0.717) is 5.95 Å². The number of fused-ring (bicyclic) bond motifs is 7. The van der Waals surface area contributed by atoms with E-state index in [1.165, 1.54) is 32.6 Å². The Kier molecular flexibility index (Phi) is 3.16. The Morgan fingerprint density at radius 1 is 0.621 bits per heavy atom. The van der Waals surface area contributed by atoms with Crippen molar-refractivity contribution < 1.29 is 0 Å². The lowest BCUT2D eigenvalue weighted by Crippen LogP contribution is -2.06. The second-order valence-electron chi connectivity index (χ2n) is 7.51. The van der Waals surface area contributed by atoms with Crippen molar-refractivity contribution in [3.05, 3.63) is 72.3 Å². The molecule has 3 heterocycles. The molecule has 0 saturated heterocycles. The van der Waals surface area contributed by atoms with Crippen LogP contribution in [0.1, 0.15) is 11.6 Å². The van der Waals surface area contributed by atoms with Gasteiger partial charge in [-0.05, 0) is 32.0 Å². The maximum absolute atomic E-state index is 4.66. The monoisotopic (exact) mass is 377 g/mol. The summed E-state index contributed by atoms with van der Waals surface area (Å²) in [7, 11) is 2.15. The van der Waals surface area contributed by atoms with Gasteiger partial charge in [-0.1, -0.05) is 42.5 Å². The third-order valence-electron chi connectivity index (χ3n) is 5.75. The molecular formula is C24H19N5. The molecule has 6 aromatic rings. The van der Waals surface area contributed by atoms with Crippen molar-refractivity contribution in [3.63, 3.8) is 0 Å². The molecule has 0 radical (unpaired) electrons. The van der Waals surface area contributed by atoms with Crippen LogP contribution in [0.15, 0.2) is 60.7 Å². The number of para-hydroxylation sites is 2. The quantitative estimate of drug-likeness (QED) is 0.394. The summed E-state index contributed by atoms with van der Waals surface area (Å²) in [4.78, 5) is 13.7. The molecular weight excluding hydrogens is 358 g/mol. The van der Waals surface area contributed by atoms with Crippen LogP contribution >= 0.6 is 0 Å². The Labute approximate surface area is 167 Å². The van der Waals surface area contributed by atoms with Crippen molar-refractivity contribution >= 4 is 43.6 Å². The van der Waals surface area contributed by atoms with Gasteiger partial charge in [0.15, 0.2) is 0 Å². The number of rotatable bonds is 1. The third kappa shape index (κ3) is 2.12. The normalized spacial score (nSPS) is 12.0. The van der Waals surface area contributed by atoms with Crippen LogP contribution in [0, 0.1) is 13.8 Å². The molecule has 0 atom stereocenters. The number of aryl methyl sites for hydroxylation is 3. The van der Waals surface area contributed by atoms with Gasteiger partial charge in [0.25, 0.3) is 0 Å². The molecule has 0 aliphatic carbocycles. The zero-order chi connectivity index (χ0) is 19.7. The topological polar surface area (TPSA) is 48.5 Å². The van der Waals surface area contributed by atoms with Gasteiger partial charge < -0.3 is 4.57 Å². The molecule has 0 saturated carbocycles. The largest absolute Gasteiger partial charge is 0.343 e. The fourth-order valence-corrected chi connectivity index (χ4v) is 4.64. The van der Waals surface area contributed by atoms with Crippen molar-refractivity contribution in [3.8, 4) is 5.95 Å². The maximum Gasteiger partial charge on any atom is 0.238 e. The zero-order valence-corrected chi connectivity index (χ0v) is 16.5. The predicted octanol–water partition coefficient (Wildman–Crippen LogP) is 5.23. The van der Waals surface area contributed by atoms with Gasteiger partial charge in [0.2, 0.25) is 5.95 Å². The Morgan fingerprint density at radius 2 is 1.28 bits per heavy atom. The summed E-state index contributed by atoms with van der Waals surface area (Å²) in [6.45, 7) is 3.82. The van der Waals surface area contributed by atoms with E-state index in [0.717, 1.165) is 22.7 Å². The van der Waals surface area contributed by atoms with Gasteiger partial charge in [-0.2, -0.15) is 9.97 Å². The van der Waals surface area contributed by atoms with Gasteiger partial charge in [-0.15, -0.1) is 0 Å². The number of hydrogen-bond acceptors (Lipinski definition) is 3. The van der Waals surface area contributed by atoms with Crippen LogP contribution in [0.2, 0.25) is 0 Å². The highest BCUT2D eigenvalue weighted by Gasteiger charge is 2.19. The molecule has 0 fully saturated rings. The van der Waals surface area contributed by atoms with Crippen molar-refractivity contribution in [2.75, 3.05) is 0 Å². The number of aromatic nitrogens is 5. The van der Waals surface area contributed by atoms with Gasteiger partial charge in [0.05, 0.1) is 16.6 Å². The lowest BCUT2D eigenvalue weighted by Gasteiger charge is -2.07. The van der Waals surface area contributed by atoms with Crippen molar-refractivity contribution in [1.82, 2.24) is 24.1 Å². The molecule has 0 aliphatic heterocycles. The van der Waals surface area contributed by atoms with E-state index in [9.17, 15) is 0 Å². The molecule has 29 heavy (non-hydrogen) atoms. The molecule has 140 valence electrons. The first-order chi connectivity index (χ1) is 14.1. The summed E-state index contributed by atoms with van der Waals surface area (Å²) >= 11 is 0. The van der Waals surface area contributed by atoms with E-state index in [4.69, 9.17) is 0 Å². The first kappa shape index (κ1) is 16.2. The average molecular weight is 377 g/mol. The van der Waals surface area contributed by atoms with Crippen LogP contribution in [0.5, 0.6) is 0 Å². The summed E-state index contributed by atoms with van der Waals surface area (Å²) in [6, 6.07) is 21.5. The second-order valence-corrected chi connectivity index (χ2v) is 7.51. The van der Waals surface area contributed by atoms with Gasteiger partial charge in [0.1, 0.15) is 11.6 Å². The van der Waals surface area contributed by atoms with Crippen LogP contribution in [0.25, 0.3) is 49.6 Å². The number of nitrogens with zero attached hydrogens (tertiary/aromatic N) is 5. The Balaban J connectivity index is 1.88. The highest BCUT2D eigenvalue weighted by Crippen LogP contribution is 2.39. The smallest absolute Gasteiger partial charge is 0.238 e. The summed E-state index contributed by atoms with van der Waals surface area (Å²) in [5, 5.41) is 4.97. The molecule has 0 spiro atoms. The molecule has 0 aliphatic rings. The second kappa shape index (κ2) is 5.64. The molecule has 3 aromatic heterocycles. The van der Waals surface area contributed by atoms with Crippen LogP contribution in [-0.2, 0) is 7.05 Å². The van der Waals surface area contributed by atoms with E-state index in [1.54, 1.807) is 0 Å². The lowest BCUT2D eigenvalue weighted by atomic mass is 10.1. The van der Waals surface area contributed by atoms with Gasteiger partial charge in [0, 0.05) is 34.1 Å². The molecule has 0 amide bonds. The summed E-state index contributed by atoms with van der Waals surface area (Å²) in [5.41, 5.74) is 4.68. The van der Waals surface area contributed by atoms with E-state index in [1.807, 2.05) is 13.8 Å². The third-order valence-corrected chi connectivity index (χ3v) is 5.75. The number of hydrogen-bond donors (Lipinski definition) is 0. The molecule has 5 heteroatoms. The van der Waals surface area contributed by atoms with Crippen LogP contribution < -0.4 is 0 Å². The minimum Gasteiger partial charge on any atom is -0.343 e. The predicted molar refractivity (Wildman–Crippen MR) is 118 cm³/mol. The van der Waals surface area contributed by atoms with Gasteiger partial charge in [-0.25, -0.2) is 4.98 Å². The van der Waals surface area contributed by atoms with E-state index < -0.39 is 0 Å². The number of benzene rings is 3. The van der Waals surface area contributed by atoms with Crippen molar-refractivity contribution in [1.29, 1.82) is 0 Å². The van der Waals surface area contributed by atoms with Gasteiger partial charge >= 0.3 is 0 Å². The molecule has 5 nitrogen and oxygen atoms in total. The summed E-state index contributed by atoms with van der Waals surface area (Å²) in [6.07, 6.45) is 0. The van der Waals surface area contributed by atoms with Crippen LogP contribution in [-0.4, -0.2) is 24.1 Å². The highest BCUT2D eigenvalue weighted by atomic mass is 15.2. The van der Waals surface area contributed by atoms with Gasteiger partial charge in [-0.3, -0.25) is 4.57 Å². The van der Waals surface area contributed by atoms with Crippen molar-refractivity contribution in [2.24, 2.45) is 7.05 Å². The van der Waals surface area contributed by atoms with E-state index in [-0.39, 0.29) is 0 Å². The zero-order valence-electron chi connectivity index (χ0n) is 16.5. The Bertz CT molecular complexity index is 1570. The first-order valence-electron chi connectivity index (χ1n) is 9.72. The molecule has 0 N–H and O–H groups in total.